The van der Waals surface area contributed by atoms with E-state index in [2.05, 4.69) is 10.3 Å². The Hall–Kier alpha value is -1.71. The molecular formula is C17H21BF3N2O2S. The number of halogens is 3. The van der Waals surface area contributed by atoms with Crippen LogP contribution in [0.1, 0.15) is 27.7 Å². The van der Waals surface area contributed by atoms with Gasteiger partial charge in [0.2, 0.25) is 11.2 Å². The number of nitrogens with zero attached hydrogens (tertiary/aromatic N) is 1. The van der Waals surface area contributed by atoms with Crippen molar-refractivity contribution < 1.29 is 21.4 Å². The van der Waals surface area contributed by atoms with Gasteiger partial charge < -0.3 is 15.1 Å². The Balaban J connectivity index is 2.14. The number of hydrogen-bond acceptors (Lipinski definition) is 4. The minimum Gasteiger partial charge on any atom is -0.426 e. The predicted octanol–water partition coefficient (Wildman–Crippen LogP) is 4.45. The Kier molecular flexibility index (Phi) is 5.94. The number of benzene rings is 1. The summed E-state index contributed by atoms with van der Waals surface area (Å²) in [5.41, 5.74) is -0.838. The van der Waals surface area contributed by atoms with Crippen molar-refractivity contribution in [3.63, 3.8) is 0 Å². The Morgan fingerprint density at radius 1 is 1.08 bits per heavy atom. The number of aromatic nitrogens is 1. The van der Waals surface area contributed by atoms with Gasteiger partial charge in [-0.05, 0) is 63.5 Å². The van der Waals surface area contributed by atoms with E-state index in [1.54, 1.807) is 46.0 Å². The summed E-state index contributed by atoms with van der Waals surface area (Å²) in [5, 5.41) is 13.1. The second-order valence-electron chi connectivity index (χ2n) is 6.80. The molecule has 0 bridgehead atoms. The van der Waals surface area contributed by atoms with E-state index in [9.17, 15) is 16.8 Å². The van der Waals surface area contributed by atoms with E-state index >= 15 is 0 Å². The largest absolute Gasteiger partial charge is 0.426 e. The van der Waals surface area contributed by atoms with Gasteiger partial charge in [-0.3, -0.25) is 0 Å². The number of nitrogens with one attached hydrogen (secondary N) is 1. The first kappa shape index (κ1) is 20.6. The normalized spacial score (nSPS) is 13.4. The lowest BCUT2D eigenvalue weighted by Crippen LogP contribution is -2.49. The fourth-order valence-electron chi connectivity index (χ4n) is 1.80. The summed E-state index contributed by atoms with van der Waals surface area (Å²) in [6.45, 7) is 6.80. The standard InChI is InChI=1S/C17H21BF3N2O2S/c1-16(2,24)17(3,4)25-18-14-6-5-11-22-15(14)23-12-7-9-13(10-8-12)26(19,20)21/h5-11,24H,1-4H3,(H,22,23). The zero-order valence-corrected chi connectivity index (χ0v) is 15.8. The molecule has 2 aromatic rings. The first-order chi connectivity index (χ1) is 11.9. The van der Waals surface area contributed by atoms with Gasteiger partial charge in [0.15, 0.2) is 0 Å². The van der Waals surface area contributed by atoms with Crippen LogP contribution in [0.4, 0.5) is 23.2 Å². The van der Waals surface area contributed by atoms with Gasteiger partial charge in [0.25, 0.3) is 0 Å². The van der Waals surface area contributed by atoms with Crippen LogP contribution in [-0.4, -0.2) is 28.8 Å². The van der Waals surface area contributed by atoms with E-state index in [4.69, 9.17) is 4.65 Å². The van der Waals surface area contributed by atoms with Gasteiger partial charge in [0, 0.05) is 11.9 Å². The van der Waals surface area contributed by atoms with E-state index in [0.29, 0.717) is 17.0 Å². The fraction of sp³-hybridized carbons (Fsp3) is 0.353. The van der Waals surface area contributed by atoms with Crippen molar-refractivity contribution in [3.8, 4) is 0 Å². The molecule has 26 heavy (non-hydrogen) atoms. The van der Waals surface area contributed by atoms with Crippen molar-refractivity contribution in [2.24, 2.45) is 0 Å². The van der Waals surface area contributed by atoms with Gasteiger partial charge in [0.1, 0.15) is 5.82 Å². The molecule has 1 heterocycles. The van der Waals surface area contributed by atoms with E-state index in [1.165, 1.54) is 19.6 Å². The highest BCUT2D eigenvalue weighted by molar-refractivity contribution is 8.20. The molecule has 2 N–H and O–H groups in total. The van der Waals surface area contributed by atoms with Crippen LogP contribution in [0.5, 0.6) is 0 Å². The van der Waals surface area contributed by atoms with Crippen LogP contribution in [-0.2, 0) is 4.65 Å². The maximum Gasteiger partial charge on any atom is 0.334 e. The van der Waals surface area contributed by atoms with Gasteiger partial charge >= 0.3 is 7.48 Å². The molecule has 0 saturated heterocycles. The predicted molar refractivity (Wildman–Crippen MR) is 100.0 cm³/mol. The molecule has 2 rings (SSSR count). The highest BCUT2D eigenvalue weighted by Gasteiger charge is 2.36. The van der Waals surface area contributed by atoms with Gasteiger partial charge in [-0.1, -0.05) is 6.07 Å². The minimum absolute atomic E-state index is 0.436. The fourth-order valence-corrected chi connectivity index (χ4v) is 2.25. The van der Waals surface area contributed by atoms with Gasteiger partial charge in [0.05, 0.1) is 16.1 Å². The van der Waals surface area contributed by atoms with Gasteiger partial charge in [-0.2, -0.15) is 0 Å². The van der Waals surface area contributed by atoms with Crippen LogP contribution in [0.3, 0.4) is 0 Å². The number of pyridine rings is 1. The second-order valence-corrected chi connectivity index (χ2v) is 8.09. The third-order valence-corrected chi connectivity index (χ3v) is 4.98. The van der Waals surface area contributed by atoms with Crippen LogP contribution < -0.4 is 10.8 Å². The zero-order valence-electron chi connectivity index (χ0n) is 15.0. The second kappa shape index (κ2) is 7.50. The molecule has 0 spiro atoms. The molecule has 1 aromatic heterocycles. The molecule has 0 fully saturated rings. The van der Waals surface area contributed by atoms with Crippen molar-refractivity contribution in [1.29, 1.82) is 0 Å². The van der Waals surface area contributed by atoms with E-state index < -0.39 is 27.3 Å². The highest BCUT2D eigenvalue weighted by Crippen LogP contribution is 2.60. The summed E-state index contributed by atoms with van der Waals surface area (Å²) in [6.07, 6.45) is 1.56. The molecule has 1 aromatic carbocycles. The molecule has 0 aliphatic rings. The molecule has 0 amide bonds. The van der Waals surface area contributed by atoms with Gasteiger partial charge in [-0.15, -0.1) is 11.7 Å². The molecule has 0 saturated carbocycles. The summed E-state index contributed by atoms with van der Waals surface area (Å²) in [6, 6.07) is 8.26. The Labute approximate surface area is 154 Å². The number of anilines is 2. The Morgan fingerprint density at radius 2 is 1.69 bits per heavy atom. The molecule has 9 heteroatoms. The van der Waals surface area contributed by atoms with Crippen molar-refractivity contribution in [2.45, 2.75) is 43.8 Å². The first-order valence-corrected chi connectivity index (χ1v) is 9.21. The Bertz CT molecular complexity index is 747. The topological polar surface area (TPSA) is 54.4 Å². The van der Waals surface area contributed by atoms with Gasteiger partial charge in [-0.25, -0.2) is 4.98 Å². The molecule has 0 unspecified atom stereocenters. The van der Waals surface area contributed by atoms with E-state index in [1.807, 2.05) is 0 Å². The quantitative estimate of drug-likeness (QED) is 0.692. The maximum atomic E-state index is 12.7. The summed E-state index contributed by atoms with van der Waals surface area (Å²) in [4.78, 5) is 3.57. The van der Waals surface area contributed by atoms with E-state index in [-0.39, 0.29) is 0 Å². The molecule has 4 nitrogen and oxygen atoms in total. The minimum atomic E-state index is -5.23. The third-order valence-electron chi connectivity index (χ3n) is 4.18. The molecule has 0 aliphatic carbocycles. The van der Waals surface area contributed by atoms with Crippen LogP contribution in [0.25, 0.3) is 0 Å². The third kappa shape index (κ3) is 5.15. The molecule has 1 radical (unpaired) electrons. The SMILES string of the molecule is CC(C)(O)C(C)(C)O[B]c1cccnc1Nc1ccc(S(F)(F)F)cc1. The molecule has 0 aliphatic heterocycles. The molecular weight excluding hydrogens is 364 g/mol. The van der Waals surface area contributed by atoms with Crippen LogP contribution in [0.2, 0.25) is 0 Å². The lowest BCUT2D eigenvalue weighted by atomic mass is 9.82. The molecule has 141 valence electrons. The number of hydrogen-bond donors (Lipinski definition) is 2. The summed E-state index contributed by atoms with van der Waals surface area (Å²) >= 11 is -5.23. The van der Waals surface area contributed by atoms with Crippen LogP contribution in [0, 0.1) is 0 Å². The van der Waals surface area contributed by atoms with E-state index in [0.717, 1.165) is 12.1 Å². The molecule has 0 atom stereocenters. The number of rotatable bonds is 7. The number of aliphatic hydroxyl groups is 1. The van der Waals surface area contributed by atoms with Crippen LogP contribution >= 0.6 is 11.2 Å². The first-order valence-electron chi connectivity index (χ1n) is 7.88. The smallest absolute Gasteiger partial charge is 0.334 e. The van der Waals surface area contributed by atoms with Crippen molar-refractivity contribution >= 4 is 35.6 Å². The lowest BCUT2D eigenvalue weighted by Gasteiger charge is -2.37. The summed E-state index contributed by atoms with van der Waals surface area (Å²) < 4.78 is 43.9. The van der Waals surface area contributed by atoms with Crippen molar-refractivity contribution in [2.75, 3.05) is 5.32 Å². The lowest BCUT2D eigenvalue weighted by molar-refractivity contribution is -0.0893. The highest BCUT2D eigenvalue weighted by atomic mass is 32.3. The van der Waals surface area contributed by atoms with Crippen molar-refractivity contribution in [3.05, 3.63) is 42.6 Å². The average molecular weight is 385 g/mol. The summed E-state index contributed by atoms with van der Waals surface area (Å²) in [7, 11) is 1.47. The average Bonchev–Trinajstić information content (AvgIpc) is 2.53. The Morgan fingerprint density at radius 3 is 2.23 bits per heavy atom. The maximum absolute atomic E-state index is 12.7. The summed E-state index contributed by atoms with van der Waals surface area (Å²) in [5.74, 6) is 0.436. The zero-order chi connectivity index (χ0) is 19.6. The van der Waals surface area contributed by atoms with Crippen LogP contribution in [0.15, 0.2) is 47.5 Å². The van der Waals surface area contributed by atoms with Crippen molar-refractivity contribution in [1.82, 2.24) is 4.98 Å². The monoisotopic (exact) mass is 385 g/mol.